The van der Waals surface area contributed by atoms with Gasteiger partial charge in [-0.3, -0.25) is 9.59 Å². The fourth-order valence-electron chi connectivity index (χ4n) is 1.25. The van der Waals surface area contributed by atoms with Crippen molar-refractivity contribution in [2.24, 2.45) is 0 Å². The molecule has 0 aliphatic heterocycles. The van der Waals surface area contributed by atoms with E-state index in [4.69, 9.17) is 14.9 Å². The monoisotopic (exact) mass is 276 g/mol. The van der Waals surface area contributed by atoms with Crippen molar-refractivity contribution in [3.05, 3.63) is 0 Å². The molecule has 0 spiro atoms. The van der Waals surface area contributed by atoms with E-state index in [1.807, 2.05) is 6.92 Å². The lowest BCUT2D eigenvalue weighted by Gasteiger charge is -2.18. The zero-order chi connectivity index (χ0) is 14.7. The Kier molecular flexibility index (Phi) is 9.15. The first-order valence-corrected chi connectivity index (χ1v) is 6.01. The van der Waals surface area contributed by atoms with E-state index >= 15 is 0 Å². The molecule has 0 unspecified atom stereocenters. The standard InChI is InChI=1S/C11H20N2O6/c1-2-5-19-6-3-4-12-11(18)13(7-9(14)15)8-10(16)17/h2-8H2,1H3,(H,12,18)(H,14,15)(H,16,17). The number of carboxylic acids is 2. The summed E-state index contributed by atoms with van der Waals surface area (Å²) < 4.78 is 5.20. The molecule has 0 rings (SSSR count). The lowest BCUT2D eigenvalue weighted by Crippen LogP contribution is -2.45. The molecule has 19 heavy (non-hydrogen) atoms. The average molecular weight is 276 g/mol. The summed E-state index contributed by atoms with van der Waals surface area (Å²) in [5.41, 5.74) is 0. The Morgan fingerprint density at radius 1 is 1.11 bits per heavy atom. The number of rotatable bonds is 10. The van der Waals surface area contributed by atoms with Gasteiger partial charge in [-0.15, -0.1) is 0 Å². The predicted molar refractivity (Wildman–Crippen MR) is 66.0 cm³/mol. The highest BCUT2D eigenvalue weighted by atomic mass is 16.5. The lowest BCUT2D eigenvalue weighted by molar-refractivity contribution is -0.140. The summed E-state index contributed by atoms with van der Waals surface area (Å²) in [6, 6.07) is -0.708. The molecule has 0 aromatic rings. The van der Waals surface area contributed by atoms with E-state index in [2.05, 4.69) is 5.32 Å². The maximum Gasteiger partial charge on any atom is 0.323 e. The Morgan fingerprint density at radius 3 is 2.16 bits per heavy atom. The van der Waals surface area contributed by atoms with Crippen molar-refractivity contribution in [3.8, 4) is 0 Å². The van der Waals surface area contributed by atoms with Crippen molar-refractivity contribution in [2.75, 3.05) is 32.8 Å². The van der Waals surface area contributed by atoms with E-state index in [0.29, 0.717) is 26.2 Å². The van der Waals surface area contributed by atoms with E-state index in [1.54, 1.807) is 0 Å². The summed E-state index contributed by atoms with van der Waals surface area (Å²) >= 11 is 0. The highest BCUT2D eigenvalue weighted by molar-refractivity contribution is 5.84. The third-order valence-corrected chi connectivity index (χ3v) is 2.03. The van der Waals surface area contributed by atoms with E-state index in [0.717, 1.165) is 11.3 Å². The molecule has 2 amide bonds. The minimum Gasteiger partial charge on any atom is -0.480 e. The number of hydrogen-bond acceptors (Lipinski definition) is 4. The van der Waals surface area contributed by atoms with Crippen LogP contribution in [0.2, 0.25) is 0 Å². The lowest BCUT2D eigenvalue weighted by atomic mass is 10.4. The van der Waals surface area contributed by atoms with Crippen molar-refractivity contribution in [1.82, 2.24) is 10.2 Å². The molecule has 110 valence electrons. The largest absolute Gasteiger partial charge is 0.480 e. The number of ether oxygens (including phenoxy) is 1. The molecule has 0 saturated heterocycles. The molecule has 0 bridgehead atoms. The Labute approximate surface area is 111 Å². The molecule has 0 saturated carbocycles. The Balaban J connectivity index is 3.96. The Morgan fingerprint density at radius 2 is 1.68 bits per heavy atom. The number of nitrogens with zero attached hydrogens (tertiary/aromatic N) is 1. The molecule has 0 aromatic heterocycles. The van der Waals surface area contributed by atoms with Crippen LogP contribution in [0.5, 0.6) is 0 Å². The minimum absolute atomic E-state index is 0.304. The second-order valence-electron chi connectivity index (χ2n) is 3.84. The molecule has 0 radical (unpaired) electrons. The summed E-state index contributed by atoms with van der Waals surface area (Å²) in [5, 5.41) is 19.6. The first kappa shape index (κ1) is 17.2. The normalized spacial score (nSPS) is 9.95. The minimum atomic E-state index is -1.26. The fourth-order valence-corrected chi connectivity index (χ4v) is 1.25. The number of urea groups is 1. The number of carbonyl (C=O) groups is 3. The maximum atomic E-state index is 11.6. The summed E-state index contributed by atoms with van der Waals surface area (Å²) in [7, 11) is 0. The van der Waals surface area contributed by atoms with Crippen molar-refractivity contribution in [3.63, 3.8) is 0 Å². The van der Waals surface area contributed by atoms with Gasteiger partial charge in [-0.05, 0) is 12.8 Å². The predicted octanol–water partition coefficient (Wildman–Crippen LogP) is -0.0161. The van der Waals surface area contributed by atoms with Crippen LogP contribution >= 0.6 is 0 Å². The average Bonchev–Trinajstić information content (AvgIpc) is 2.31. The van der Waals surface area contributed by atoms with Crippen molar-refractivity contribution >= 4 is 18.0 Å². The molecule has 8 heteroatoms. The van der Waals surface area contributed by atoms with E-state index in [9.17, 15) is 14.4 Å². The van der Waals surface area contributed by atoms with Crippen LogP contribution in [0.1, 0.15) is 19.8 Å². The van der Waals surface area contributed by atoms with Gasteiger partial charge < -0.3 is 25.2 Å². The van der Waals surface area contributed by atoms with Crippen LogP contribution in [-0.2, 0) is 14.3 Å². The molecule has 0 fully saturated rings. The van der Waals surface area contributed by atoms with Gasteiger partial charge in [-0.2, -0.15) is 0 Å². The zero-order valence-electron chi connectivity index (χ0n) is 10.9. The zero-order valence-corrected chi connectivity index (χ0v) is 10.9. The van der Waals surface area contributed by atoms with Gasteiger partial charge in [0.05, 0.1) is 0 Å². The van der Waals surface area contributed by atoms with E-state index < -0.39 is 31.1 Å². The second-order valence-corrected chi connectivity index (χ2v) is 3.84. The van der Waals surface area contributed by atoms with Gasteiger partial charge in [-0.25, -0.2) is 4.79 Å². The number of amides is 2. The number of nitrogens with one attached hydrogen (secondary N) is 1. The second kappa shape index (κ2) is 10.1. The number of aliphatic carboxylic acids is 2. The van der Waals surface area contributed by atoms with Crippen molar-refractivity contribution in [2.45, 2.75) is 19.8 Å². The maximum absolute atomic E-state index is 11.6. The molecule has 3 N–H and O–H groups in total. The van der Waals surface area contributed by atoms with Gasteiger partial charge in [0.1, 0.15) is 13.1 Å². The summed E-state index contributed by atoms with van der Waals surface area (Å²) in [6.07, 6.45) is 1.50. The molecule has 8 nitrogen and oxygen atoms in total. The van der Waals surface area contributed by atoms with Gasteiger partial charge in [0.15, 0.2) is 0 Å². The van der Waals surface area contributed by atoms with Gasteiger partial charge in [0.25, 0.3) is 0 Å². The van der Waals surface area contributed by atoms with Gasteiger partial charge in [-0.1, -0.05) is 6.92 Å². The summed E-state index contributed by atoms with van der Waals surface area (Å²) in [6.45, 7) is 2.13. The van der Waals surface area contributed by atoms with Gasteiger partial charge in [0, 0.05) is 19.8 Å². The molecule has 0 aromatic carbocycles. The van der Waals surface area contributed by atoms with Gasteiger partial charge in [0.2, 0.25) is 0 Å². The van der Waals surface area contributed by atoms with Crippen LogP contribution in [-0.4, -0.2) is 65.9 Å². The third-order valence-electron chi connectivity index (χ3n) is 2.03. The van der Waals surface area contributed by atoms with Crippen molar-refractivity contribution < 1.29 is 29.3 Å². The summed E-state index contributed by atoms with van der Waals surface area (Å²) in [5.74, 6) is -2.52. The SMILES string of the molecule is CCCOCCCNC(=O)N(CC(=O)O)CC(=O)O. The summed E-state index contributed by atoms with van der Waals surface area (Å²) in [4.78, 5) is 33.3. The smallest absolute Gasteiger partial charge is 0.323 e. The highest BCUT2D eigenvalue weighted by Crippen LogP contribution is 1.91. The molecule has 0 aliphatic rings. The fraction of sp³-hybridized carbons (Fsp3) is 0.727. The third kappa shape index (κ3) is 9.83. The number of carboxylic acid groups (broad SMARTS) is 2. The van der Waals surface area contributed by atoms with Crippen LogP contribution in [0.25, 0.3) is 0 Å². The quantitative estimate of drug-likeness (QED) is 0.483. The van der Waals surface area contributed by atoms with Crippen LogP contribution < -0.4 is 5.32 Å². The van der Waals surface area contributed by atoms with Crippen LogP contribution in [0.3, 0.4) is 0 Å². The van der Waals surface area contributed by atoms with Crippen LogP contribution in [0.15, 0.2) is 0 Å². The van der Waals surface area contributed by atoms with Crippen molar-refractivity contribution in [1.29, 1.82) is 0 Å². The molecule has 0 heterocycles. The molecular formula is C11H20N2O6. The molecule has 0 atom stereocenters. The molecular weight excluding hydrogens is 256 g/mol. The van der Waals surface area contributed by atoms with Gasteiger partial charge >= 0.3 is 18.0 Å². The topological polar surface area (TPSA) is 116 Å². The van der Waals surface area contributed by atoms with E-state index in [1.165, 1.54) is 0 Å². The Bertz CT molecular complexity index is 292. The first-order chi connectivity index (χ1) is 8.97. The molecule has 0 aliphatic carbocycles. The Hall–Kier alpha value is -1.83. The first-order valence-electron chi connectivity index (χ1n) is 6.01. The number of carbonyl (C=O) groups excluding carboxylic acids is 1. The van der Waals surface area contributed by atoms with Crippen LogP contribution in [0, 0.1) is 0 Å². The number of hydrogen-bond donors (Lipinski definition) is 3. The van der Waals surface area contributed by atoms with E-state index in [-0.39, 0.29) is 0 Å². The van der Waals surface area contributed by atoms with Crippen LogP contribution in [0.4, 0.5) is 4.79 Å². The highest BCUT2D eigenvalue weighted by Gasteiger charge is 2.18.